The molecule has 0 heterocycles. The molecule has 0 aliphatic carbocycles. The van der Waals surface area contributed by atoms with Crippen LogP contribution in [-0.2, 0) is 9.47 Å². The van der Waals surface area contributed by atoms with Gasteiger partial charge in [-0.3, -0.25) is 0 Å². The molecule has 0 aromatic heterocycles. The lowest BCUT2D eigenvalue weighted by Gasteiger charge is -2.12. The molecule has 0 rings (SSSR count). The van der Waals surface area contributed by atoms with E-state index in [9.17, 15) is 0 Å². The fourth-order valence-electron chi connectivity index (χ4n) is 1.39. The Hall–Kier alpha value is -0.120. The third-order valence-electron chi connectivity index (χ3n) is 2.48. The number of hydrogen-bond donors (Lipinski definition) is 1. The number of methoxy groups -OCH3 is 1. The summed E-state index contributed by atoms with van der Waals surface area (Å²) in [6.45, 7) is 3.55. The first-order valence-corrected chi connectivity index (χ1v) is 6.06. The summed E-state index contributed by atoms with van der Waals surface area (Å²) in [5, 5.41) is 8.82. The number of aliphatic hydroxyl groups excluding tert-OH is 1. The molecule has 0 aromatic rings. The van der Waals surface area contributed by atoms with Crippen LogP contribution in [0, 0.1) is 0 Å². The largest absolute Gasteiger partial charge is 0.394 e. The number of hydrogen-bond acceptors (Lipinski definition) is 3. The molecule has 0 aliphatic heterocycles. The minimum atomic E-state index is -0.162. The molecule has 0 aromatic carbocycles. The lowest BCUT2D eigenvalue weighted by Crippen LogP contribution is -2.22. The standard InChI is InChI=1S/C12H26O3/c1-3-4-5-6-7-8-9-15-11-12(10-13)14-2/h12-13H,3-11H2,1-2H3. The first kappa shape index (κ1) is 14.9. The minimum absolute atomic E-state index is 0.0347. The van der Waals surface area contributed by atoms with Crippen molar-refractivity contribution in [2.24, 2.45) is 0 Å². The van der Waals surface area contributed by atoms with E-state index < -0.39 is 0 Å². The van der Waals surface area contributed by atoms with Crippen LogP contribution in [-0.4, -0.2) is 38.1 Å². The summed E-state index contributed by atoms with van der Waals surface area (Å²) in [5.74, 6) is 0. The number of ether oxygens (including phenoxy) is 2. The van der Waals surface area contributed by atoms with Crippen molar-refractivity contribution < 1.29 is 14.6 Å². The molecule has 0 saturated heterocycles. The highest BCUT2D eigenvalue weighted by atomic mass is 16.5. The lowest BCUT2D eigenvalue weighted by molar-refractivity contribution is -0.0205. The van der Waals surface area contributed by atoms with Crippen LogP contribution in [0.1, 0.15) is 45.4 Å². The molecule has 92 valence electrons. The second-order valence-corrected chi connectivity index (χ2v) is 3.88. The van der Waals surface area contributed by atoms with E-state index in [-0.39, 0.29) is 12.7 Å². The third-order valence-corrected chi connectivity index (χ3v) is 2.48. The zero-order chi connectivity index (χ0) is 11.4. The van der Waals surface area contributed by atoms with Crippen LogP contribution < -0.4 is 0 Å². The van der Waals surface area contributed by atoms with Crippen molar-refractivity contribution in [2.75, 3.05) is 26.9 Å². The molecule has 0 bridgehead atoms. The van der Waals surface area contributed by atoms with Gasteiger partial charge in [0.2, 0.25) is 0 Å². The van der Waals surface area contributed by atoms with Crippen molar-refractivity contribution in [2.45, 2.75) is 51.6 Å². The van der Waals surface area contributed by atoms with E-state index in [0.29, 0.717) is 6.61 Å². The zero-order valence-corrected chi connectivity index (χ0v) is 10.2. The molecule has 15 heavy (non-hydrogen) atoms. The van der Waals surface area contributed by atoms with Gasteiger partial charge < -0.3 is 14.6 Å². The van der Waals surface area contributed by atoms with E-state index >= 15 is 0 Å². The van der Waals surface area contributed by atoms with Crippen LogP contribution in [0.2, 0.25) is 0 Å². The summed E-state index contributed by atoms with van der Waals surface area (Å²) < 4.78 is 10.4. The van der Waals surface area contributed by atoms with Crippen molar-refractivity contribution in [1.29, 1.82) is 0 Å². The van der Waals surface area contributed by atoms with Crippen molar-refractivity contribution in [3.63, 3.8) is 0 Å². The number of aliphatic hydroxyl groups is 1. The maximum atomic E-state index is 8.82. The van der Waals surface area contributed by atoms with E-state index in [0.717, 1.165) is 13.0 Å². The Morgan fingerprint density at radius 1 is 1.07 bits per heavy atom. The maximum absolute atomic E-state index is 8.82. The Morgan fingerprint density at radius 2 is 1.73 bits per heavy atom. The Labute approximate surface area is 93.8 Å². The van der Waals surface area contributed by atoms with Gasteiger partial charge in [0.15, 0.2) is 0 Å². The van der Waals surface area contributed by atoms with Crippen molar-refractivity contribution >= 4 is 0 Å². The minimum Gasteiger partial charge on any atom is -0.394 e. The molecule has 0 amide bonds. The normalized spacial score (nSPS) is 13.0. The summed E-state index contributed by atoms with van der Waals surface area (Å²) >= 11 is 0. The molecule has 3 nitrogen and oxygen atoms in total. The molecule has 0 radical (unpaired) electrons. The van der Waals surface area contributed by atoms with Crippen molar-refractivity contribution in [3.05, 3.63) is 0 Å². The Balaban J connectivity index is 3.04. The van der Waals surface area contributed by atoms with Crippen LogP contribution in [0.15, 0.2) is 0 Å². The van der Waals surface area contributed by atoms with Crippen LogP contribution >= 0.6 is 0 Å². The molecular weight excluding hydrogens is 192 g/mol. The Morgan fingerprint density at radius 3 is 2.33 bits per heavy atom. The summed E-state index contributed by atoms with van der Waals surface area (Å²) in [7, 11) is 1.59. The highest BCUT2D eigenvalue weighted by Crippen LogP contribution is 2.05. The molecule has 1 unspecified atom stereocenters. The zero-order valence-electron chi connectivity index (χ0n) is 10.2. The van der Waals surface area contributed by atoms with Gasteiger partial charge in [-0.05, 0) is 6.42 Å². The highest BCUT2D eigenvalue weighted by molar-refractivity contribution is 4.52. The third kappa shape index (κ3) is 10.2. The first-order chi connectivity index (χ1) is 7.35. The number of unbranched alkanes of at least 4 members (excludes halogenated alkanes) is 5. The van der Waals surface area contributed by atoms with Crippen LogP contribution in [0.5, 0.6) is 0 Å². The van der Waals surface area contributed by atoms with E-state index in [1.807, 2.05) is 0 Å². The topological polar surface area (TPSA) is 38.7 Å². The van der Waals surface area contributed by atoms with Crippen LogP contribution in [0.25, 0.3) is 0 Å². The fraction of sp³-hybridized carbons (Fsp3) is 1.00. The fourth-order valence-corrected chi connectivity index (χ4v) is 1.39. The summed E-state index contributed by atoms with van der Waals surface area (Å²) in [4.78, 5) is 0. The SMILES string of the molecule is CCCCCCCCOCC(CO)OC. The summed E-state index contributed by atoms with van der Waals surface area (Å²) in [6.07, 6.45) is 7.49. The Kier molecular flexibility index (Phi) is 11.9. The predicted molar refractivity (Wildman–Crippen MR) is 62.1 cm³/mol. The van der Waals surface area contributed by atoms with Gasteiger partial charge in [-0.2, -0.15) is 0 Å². The molecular formula is C12H26O3. The molecule has 1 atom stereocenters. The molecule has 0 spiro atoms. The summed E-state index contributed by atoms with van der Waals surface area (Å²) in [6, 6.07) is 0. The second kappa shape index (κ2) is 12.0. The van der Waals surface area contributed by atoms with Gasteiger partial charge in [0.1, 0.15) is 6.10 Å². The van der Waals surface area contributed by atoms with Crippen molar-refractivity contribution in [3.8, 4) is 0 Å². The summed E-state index contributed by atoms with van der Waals surface area (Å²) in [5.41, 5.74) is 0. The van der Waals surface area contributed by atoms with Gasteiger partial charge in [0.25, 0.3) is 0 Å². The molecule has 0 saturated carbocycles. The molecule has 1 N–H and O–H groups in total. The van der Waals surface area contributed by atoms with Gasteiger partial charge in [-0.25, -0.2) is 0 Å². The average Bonchev–Trinajstić information content (AvgIpc) is 2.27. The van der Waals surface area contributed by atoms with E-state index in [2.05, 4.69) is 6.92 Å². The predicted octanol–water partition coefficient (Wildman–Crippen LogP) is 2.37. The smallest absolute Gasteiger partial charge is 0.103 e. The van der Waals surface area contributed by atoms with Gasteiger partial charge in [0, 0.05) is 13.7 Å². The van der Waals surface area contributed by atoms with Gasteiger partial charge in [0.05, 0.1) is 13.2 Å². The average molecular weight is 218 g/mol. The van der Waals surface area contributed by atoms with Crippen molar-refractivity contribution in [1.82, 2.24) is 0 Å². The molecule has 3 heteroatoms. The van der Waals surface area contributed by atoms with E-state index in [1.54, 1.807) is 7.11 Å². The van der Waals surface area contributed by atoms with Crippen LogP contribution in [0.4, 0.5) is 0 Å². The van der Waals surface area contributed by atoms with Gasteiger partial charge in [-0.15, -0.1) is 0 Å². The Bertz CT molecular complexity index is 113. The molecule has 0 aliphatic rings. The van der Waals surface area contributed by atoms with Crippen LogP contribution in [0.3, 0.4) is 0 Å². The monoisotopic (exact) mass is 218 g/mol. The number of rotatable bonds is 11. The van der Waals surface area contributed by atoms with E-state index in [1.165, 1.54) is 32.1 Å². The second-order valence-electron chi connectivity index (χ2n) is 3.88. The quantitative estimate of drug-likeness (QED) is 0.541. The highest BCUT2D eigenvalue weighted by Gasteiger charge is 2.04. The van der Waals surface area contributed by atoms with E-state index in [4.69, 9.17) is 14.6 Å². The maximum Gasteiger partial charge on any atom is 0.103 e. The van der Waals surface area contributed by atoms with Gasteiger partial charge in [-0.1, -0.05) is 39.0 Å². The lowest BCUT2D eigenvalue weighted by atomic mass is 10.1. The van der Waals surface area contributed by atoms with Gasteiger partial charge >= 0.3 is 0 Å². The first-order valence-electron chi connectivity index (χ1n) is 6.06. The molecule has 0 fully saturated rings.